The second kappa shape index (κ2) is 4.35. The molecule has 0 spiro atoms. The molecule has 1 aromatic rings. The lowest BCUT2D eigenvalue weighted by molar-refractivity contribution is 0.369. The molecular weight excluding hydrogens is 240 g/mol. The van der Waals surface area contributed by atoms with Gasteiger partial charge in [-0.3, -0.25) is 0 Å². The number of hydrogen-bond donors (Lipinski definition) is 3. The highest BCUT2D eigenvalue weighted by atomic mass is 32.2. The van der Waals surface area contributed by atoms with E-state index in [0.717, 1.165) is 21.1 Å². The van der Waals surface area contributed by atoms with Crippen LogP contribution in [0.15, 0.2) is 17.0 Å². The van der Waals surface area contributed by atoms with E-state index in [4.69, 9.17) is 0 Å². The Bertz CT molecular complexity index is 512. The summed E-state index contributed by atoms with van der Waals surface area (Å²) in [5, 5.41) is 0. The van der Waals surface area contributed by atoms with Crippen LogP contribution in [0.25, 0.3) is 0 Å². The molecule has 0 atom stereocenters. The molecule has 1 fully saturated rings. The van der Waals surface area contributed by atoms with E-state index >= 15 is 0 Å². The third-order valence-electron chi connectivity index (χ3n) is 2.64. The maximum Gasteiger partial charge on any atom is 0.258 e. The van der Waals surface area contributed by atoms with E-state index in [2.05, 4.69) is 16.5 Å². The Morgan fingerprint density at radius 3 is 2.24 bits per heavy atom. The van der Waals surface area contributed by atoms with Gasteiger partial charge in [0.2, 0.25) is 0 Å². The maximum absolute atomic E-state index is 12.4. The number of rotatable bonds is 2. The van der Waals surface area contributed by atoms with Crippen molar-refractivity contribution in [1.82, 2.24) is 20.9 Å². The van der Waals surface area contributed by atoms with E-state index in [9.17, 15) is 8.42 Å². The van der Waals surface area contributed by atoms with Crippen LogP contribution < -0.4 is 16.5 Å². The van der Waals surface area contributed by atoms with E-state index in [-0.39, 0.29) is 6.67 Å². The summed E-state index contributed by atoms with van der Waals surface area (Å²) in [7, 11) is -3.52. The molecule has 0 radical (unpaired) electrons. The van der Waals surface area contributed by atoms with E-state index in [1.807, 2.05) is 32.9 Å². The normalized spacial score (nSPS) is 17.6. The second-order valence-electron chi connectivity index (χ2n) is 4.15. The third-order valence-corrected chi connectivity index (χ3v) is 4.60. The van der Waals surface area contributed by atoms with Crippen LogP contribution in [-0.4, -0.2) is 19.5 Å². The molecule has 0 aromatic heterocycles. The number of benzene rings is 1. The third kappa shape index (κ3) is 2.20. The molecule has 2 rings (SSSR count). The molecule has 1 aliphatic heterocycles. The summed E-state index contributed by atoms with van der Waals surface area (Å²) in [5.41, 5.74) is 10.4. The lowest BCUT2D eigenvalue weighted by Gasteiger charge is -2.18. The van der Waals surface area contributed by atoms with Gasteiger partial charge in [0, 0.05) is 0 Å². The fourth-order valence-electron chi connectivity index (χ4n) is 2.08. The Labute approximate surface area is 101 Å². The van der Waals surface area contributed by atoms with Crippen LogP contribution in [0.5, 0.6) is 0 Å². The van der Waals surface area contributed by atoms with Gasteiger partial charge in [-0.15, -0.1) is 4.41 Å². The molecule has 0 aliphatic carbocycles. The van der Waals surface area contributed by atoms with Crippen LogP contribution in [0.2, 0.25) is 0 Å². The first kappa shape index (κ1) is 12.5. The molecule has 0 unspecified atom stereocenters. The monoisotopic (exact) mass is 256 g/mol. The molecule has 0 amide bonds. The summed E-state index contributed by atoms with van der Waals surface area (Å²) >= 11 is 0. The van der Waals surface area contributed by atoms with Gasteiger partial charge >= 0.3 is 0 Å². The highest BCUT2D eigenvalue weighted by molar-refractivity contribution is 7.89. The van der Waals surface area contributed by atoms with Gasteiger partial charge in [0.25, 0.3) is 10.0 Å². The predicted octanol–water partition coefficient (Wildman–Crippen LogP) is 0.0875. The molecule has 0 saturated carbocycles. The maximum atomic E-state index is 12.4. The van der Waals surface area contributed by atoms with Gasteiger partial charge in [0.05, 0.1) is 11.6 Å². The quantitative estimate of drug-likeness (QED) is 0.699. The lowest BCUT2D eigenvalue weighted by atomic mass is 10.1. The molecule has 94 valence electrons. The topological polar surface area (TPSA) is 73.5 Å². The standard InChI is InChI=1S/C10H16N4O2S/c1-7-4-8(2)10(9(3)5-7)17(15,16)14-6-11-12-13-14/h4-5,11-13H,6H2,1-3H3. The number of hydrogen-bond acceptors (Lipinski definition) is 5. The molecular formula is C10H16N4O2S. The van der Waals surface area contributed by atoms with Crippen LogP contribution in [0, 0.1) is 20.8 Å². The molecule has 1 aromatic carbocycles. The van der Waals surface area contributed by atoms with Crippen molar-refractivity contribution in [2.24, 2.45) is 0 Å². The van der Waals surface area contributed by atoms with Gasteiger partial charge < -0.3 is 0 Å². The van der Waals surface area contributed by atoms with Crippen molar-refractivity contribution >= 4 is 10.0 Å². The Balaban J connectivity index is 2.53. The average molecular weight is 256 g/mol. The van der Waals surface area contributed by atoms with Gasteiger partial charge in [-0.1, -0.05) is 17.7 Å². The van der Waals surface area contributed by atoms with Gasteiger partial charge in [-0.05, 0) is 31.9 Å². The minimum atomic E-state index is -3.52. The molecule has 6 nitrogen and oxygen atoms in total. The zero-order valence-electron chi connectivity index (χ0n) is 10.0. The number of aryl methyl sites for hydroxylation is 3. The zero-order valence-corrected chi connectivity index (χ0v) is 10.9. The van der Waals surface area contributed by atoms with Crippen molar-refractivity contribution < 1.29 is 8.42 Å². The van der Waals surface area contributed by atoms with Crippen molar-refractivity contribution in [2.75, 3.05) is 6.67 Å². The fourth-order valence-corrected chi connectivity index (χ4v) is 3.63. The highest BCUT2D eigenvalue weighted by Gasteiger charge is 2.29. The van der Waals surface area contributed by atoms with E-state index in [0.29, 0.717) is 4.90 Å². The molecule has 1 saturated heterocycles. The van der Waals surface area contributed by atoms with Gasteiger partial charge in [-0.25, -0.2) is 13.8 Å². The lowest BCUT2D eigenvalue weighted by Crippen LogP contribution is -2.41. The fraction of sp³-hybridized carbons (Fsp3) is 0.400. The number of sulfonamides is 1. The van der Waals surface area contributed by atoms with Gasteiger partial charge in [-0.2, -0.15) is 11.1 Å². The first-order chi connectivity index (χ1) is 7.93. The Hall–Kier alpha value is -0.990. The Morgan fingerprint density at radius 1 is 1.18 bits per heavy atom. The molecule has 7 heteroatoms. The van der Waals surface area contributed by atoms with Crippen molar-refractivity contribution in [2.45, 2.75) is 25.7 Å². The highest BCUT2D eigenvalue weighted by Crippen LogP contribution is 2.24. The summed E-state index contributed by atoms with van der Waals surface area (Å²) in [4.78, 5) is 0.362. The first-order valence-corrected chi connectivity index (χ1v) is 6.71. The molecule has 17 heavy (non-hydrogen) atoms. The number of nitrogens with zero attached hydrogens (tertiary/aromatic N) is 1. The van der Waals surface area contributed by atoms with Crippen molar-refractivity contribution in [3.05, 3.63) is 28.8 Å². The summed E-state index contributed by atoms with van der Waals surface area (Å²) < 4.78 is 25.9. The van der Waals surface area contributed by atoms with E-state index in [1.165, 1.54) is 0 Å². The molecule has 3 N–H and O–H groups in total. The number of nitrogens with one attached hydrogen (secondary N) is 3. The zero-order chi connectivity index (χ0) is 12.6. The summed E-state index contributed by atoms with van der Waals surface area (Å²) in [6, 6.07) is 3.74. The smallest absolute Gasteiger partial charge is 0.226 e. The van der Waals surface area contributed by atoms with Crippen molar-refractivity contribution in [1.29, 1.82) is 0 Å². The van der Waals surface area contributed by atoms with Crippen LogP contribution in [0.1, 0.15) is 16.7 Å². The van der Waals surface area contributed by atoms with Crippen LogP contribution in [0.3, 0.4) is 0 Å². The second-order valence-corrected chi connectivity index (χ2v) is 5.95. The molecule has 0 bridgehead atoms. The van der Waals surface area contributed by atoms with Crippen LogP contribution >= 0.6 is 0 Å². The largest absolute Gasteiger partial charge is 0.258 e. The van der Waals surface area contributed by atoms with Gasteiger partial charge in [0.15, 0.2) is 0 Å². The Kier molecular flexibility index (Phi) is 3.19. The summed E-state index contributed by atoms with van der Waals surface area (Å²) in [6.07, 6.45) is 0. The summed E-state index contributed by atoms with van der Waals surface area (Å²) in [5.74, 6) is 0. The first-order valence-electron chi connectivity index (χ1n) is 5.27. The summed E-state index contributed by atoms with van der Waals surface area (Å²) in [6.45, 7) is 5.76. The minimum Gasteiger partial charge on any atom is -0.226 e. The van der Waals surface area contributed by atoms with Crippen molar-refractivity contribution in [3.63, 3.8) is 0 Å². The average Bonchev–Trinajstić information content (AvgIpc) is 2.67. The Morgan fingerprint density at radius 2 is 1.76 bits per heavy atom. The number of hydrazine groups is 3. The van der Waals surface area contributed by atoms with Gasteiger partial charge in [0.1, 0.15) is 0 Å². The van der Waals surface area contributed by atoms with Crippen molar-refractivity contribution in [3.8, 4) is 0 Å². The molecule has 1 heterocycles. The van der Waals surface area contributed by atoms with Crippen LogP contribution in [0.4, 0.5) is 0 Å². The molecule has 1 aliphatic rings. The SMILES string of the molecule is Cc1cc(C)c(S(=O)(=O)N2CNNN2)c(C)c1. The minimum absolute atomic E-state index is 0.190. The van der Waals surface area contributed by atoms with Crippen LogP contribution in [-0.2, 0) is 10.0 Å². The van der Waals surface area contributed by atoms with E-state index < -0.39 is 10.0 Å². The van der Waals surface area contributed by atoms with E-state index in [1.54, 1.807) is 0 Å². The predicted molar refractivity (Wildman–Crippen MR) is 64.0 cm³/mol.